The van der Waals surface area contributed by atoms with E-state index in [2.05, 4.69) is 0 Å². The molecule has 1 amide bonds. The number of primary amides is 1. The fraction of sp³-hybridized carbons (Fsp3) is 0.286. The number of hydrogen-bond donors (Lipinski definition) is 4. The molecular weight excluding hydrogens is 592 g/mol. The average Bonchev–Trinajstić information content (AvgIpc) is 3.50. The number of nitrogens with zero attached hydrogens (tertiary/aromatic N) is 1. The number of nitrogens with two attached hydrogens (primary N) is 1. The molecule has 1 unspecified atom stereocenters. The summed E-state index contributed by atoms with van der Waals surface area (Å²) in [6.07, 6.45) is 0.294. The monoisotopic (exact) mass is 624 g/mol. The van der Waals surface area contributed by atoms with Crippen LogP contribution in [0.3, 0.4) is 0 Å². The van der Waals surface area contributed by atoms with Gasteiger partial charge in [0.15, 0.2) is 17.1 Å². The Kier molecular flexibility index (Phi) is 6.91. The number of hydrogen-bond acceptors (Lipinski definition) is 10. The summed E-state index contributed by atoms with van der Waals surface area (Å²) in [7, 11) is 3.40. The summed E-state index contributed by atoms with van der Waals surface area (Å²) < 4.78 is 17.1. The first-order valence-electron chi connectivity index (χ1n) is 14.9. The molecule has 1 fully saturated rings. The van der Waals surface area contributed by atoms with Crippen LogP contribution in [0.5, 0.6) is 17.2 Å². The summed E-state index contributed by atoms with van der Waals surface area (Å²) in [5, 5.41) is 34.7. The van der Waals surface area contributed by atoms with E-state index in [0.29, 0.717) is 22.6 Å². The van der Waals surface area contributed by atoms with Crippen LogP contribution in [0.25, 0.3) is 16.9 Å². The number of benzene rings is 3. The lowest BCUT2D eigenvalue weighted by molar-refractivity contribution is -0.162. The number of fused-ring (bicyclic) bond motifs is 4. The van der Waals surface area contributed by atoms with E-state index < -0.39 is 52.3 Å². The maximum atomic E-state index is 14.3. The zero-order valence-corrected chi connectivity index (χ0v) is 25.1. The number of likely N-dealkylation sites (N-methyl/N-ethyl adjacent to an activating group) is 1. The molecule has 0 aromatic heterocycles. The van der Waals surface area contributed by atoms with Gasteiger partial charge in [0.25, 0.3) is 5.91 Å². The number of ether oxygens (including phenoxy) is 3. The molecule has 4 aliphatic rings. The molecule has 5 N–H and O–H groups in total. The molecule has 0 spiro atoms. The SMILES string of the molecule is CN(C)C1C(OCc2ccccc2)=C(C(N)=O)C(=O)[C@@]2(O)C(=O)C3=C(O)c4c(O)ccc(-c5ccc6c(c5)OCO6)c4C[C@H]3C[C@@H]12. The van der Waals surface area contributed by atoms with Crippen LogP contribution < -0.4 is 15.2 Å². The van der Waals surface area contributed by atoms with E-state index in [4.69, 9.17) is 19.9 Å². The number of rotatable bonds is 6. The predicted octanol–water partition coefficient (Wildman–Crippen LogP) is 3.02. The molecule has 7 rings (SSSR count). The molecule has 3 aromatic carbocycles. The molecule has 3 aromatic rings. The van der Waals surface area contributed by atoms with Gasteiger partial charge in [-0.25, -0.2) is 0 Å². The minimum Gasteiger partial charge on any atom is -0.507 e. The lowest BCUT2D eigenvalue weighted by atomic mass is 9.57. The Morgan fingerprint density at radius 3 is 2.48 bits per heavy atom. The van der Waals surface area contributed by atoms with Crippen molar-refractivity contribution in [1.82, 2.24) is 4.90 Å². The minimum atomic E-state index is -2.71. The third-order valence-electron chi connectivity index (χ3n) is 9.50. The zero-order chi connectivity index (χ0) is 32.5. The van der Waals surface area contributed by atoms with Crippen molar-refractivity contribution in [1.29, 1.82) is 0 Å². The molecule has 1 saturated carbocycles. The highest BCUT2D eigenvalue weighted by molar-refractivity contribution is 6.33. The fourth-order valence-electron chi connectivity index (χ4n) is 7.45. The summed E-state index contributed by atoms with van der Waals surface area (Å²) in [6.45, 7) is 0.118. The minimum absolute atomic E-state index is 0.0135. The Balaban J connectivity index is 1.35. The van der Waals surface area contributed by atoms with Crippen LogP contribution in [0.1, 0.15) is 23.1 Å². The molecule has 1 aliphatic heterocycles. The molecule has 0 saturated heterocycles. The van der Waals surface area contributed by atoms with Crippen LogP contribution in [0, 0.1) is 11.8 Å². The number of carbonyl (C=O) groups is 3. The number of carbonyl (C=O) groups excluding carboxylic acids is 3. The lowest BCUT2D eigenvalue weighted by Gasteiger charge is -2.50. The van der Waals surface area contributed by atoms with Crippen LogP contribution in [0.15, 0.2) is 77.6 Å². The smallest absolute Gasteiger partial charge is 0.255 e. The van der Waals surface area contributed by atoms with Gasteiger partial charge in [0.2, 0.25) is 18.4 Å². The summed E-state index contributed by atoms with van der Waals surface area (Å²) in [5.41, 5.74) is 5.10. The van der Waals surface area contributed by atoms with Gasteiger partial charge in [0.1, 0.15) is 29.4 Å². The highest BCUT2D eigenvalue weighted by Gasteiger charge is 2.65. The first kappa shape index (κ1) is 29.6. The van der Waals surface area contributed by atoms with Crippen molar-refractivity contribution in [3.05, 3.63) is 94.3 Å². The first-order chi connectivity index (χ1) is 22.0. The zero-order valence-electron chi connectivity index (χ0n) is 25.1. The van der Waals surface area contributed by atoms with Crippen LogP contribution in [0.2, 0.25) is 0 Å². The van der Waals surface area contributed by atoms with E-state index >= 15 is 0 Å². The van der Waals surface area contributed by atoms with Crippen molar-refractivity contribution in [2.45, 2.75) is 31.1 Å². The van der Waals surface area contributed by atoms with E-state index in [1.807, 2.05) is 42.5 Å². The van der Waals surface area contributed by atoms with Gasteiger partial charge in [-0.15, -0.1) is 0 Å². The van der Waals surface area contributed by atoms with Gasteiger partial charge in [0, 0.05) is 11.5 Å². The molecule has 0 radical (unpaired) electrons. The van der Waals surface area contributed by atoms with E-state index in [9.17, 15) is 29.7 Å². The Bertz CT molecular complexity index is 1880. The number of phenols is 1. The largest absolute Gasteiger partial charge is 0.507 e. The standard InChI is InChI=1S/C35H32N2O9/c1-37(2)29-22-13-19-12-21-20(18-8-11-24-25(14-18)46-16-45-24)9-10-23(38)27(21)30(39)26(19)32(40)35(22,43)33(41)28(34(36)42)31(29)44-15-17-6-4-3-5-7-17/h3-11,14,19,22,29,38-39,43H,12-13,15-16H2,1-2H3,(H2,36,42)/t19-,22-,29?,35-/m0/s1. The summed E-state index contributed by atoms with van der Waals surface area (Å²) in [6, 6.07) is 16.8. The van der Waals surface area contributed by atoms with E-state index in [-0.39, 0.29) is 48.9 Å². The number of Topliss-reactive ketones (excluding diaryl/α,β-unsaturated/α-hetero) is 2. The second-order valence-electron chi connectivity index (χ2n) is 12.3. The number of ketones is 2. The maximum absolute atomic E-state index is 14.3. The quantitative estimate of drug-likeness (QED) is 0.236. The molecule has 3 aliphatic carbocycles. The van der Waals surface area contributed by atoms with Crippen molar-refractivity contribution in [3.63, 3.8) is 0 Å². The van der Waals surface area contributed by atoms with Crippen molar-refractivity contribution < 1.29 is 43.9 Å². The van der Waals surface area contributed by atoms with Gasteiger partial charge in [0.05, 0.1) is 11.6 Å². The Morgan fingerprint density at radius 1 is 1.02 bits per heavy atom. The number of aliphatic hydroxyl groups excluding tert-OH is 1. The number of aromatic hydroxyl groups is 1. The van der Waals surface area contributed by atoms with Crippen molar-refractivity contribution >= 4 is 23.2 Å². The Hall–Kier alpha value is -5.13. The summed E-state index contributed by atoms with van der Waals surface area (Å²) in [5.74, 6) is -4.66. The van der Waals surface area contributed by atoms with Gasteiger partial charge in [-0.3, -0.25) is 19.3 Å². The van der Waals surface area contributed by atoms with Gasteiger partial charge >= 0.3 is 0 Å². The van der Waals surface area contributed by atoms with Gasteiger partial charge in [-0.05, 0) is 73.3 Å². The Labute approximate surface area is 264 Å². The molecule has 0 bridgehead atoms. The second kappa shape index (κ2) is 10.7. The molecule has 236 valence electrons. The third kappa shape index (κ3) is 4.30. The van der Waals surface area contributed by atoms with Crippen molar-refractivity contribution in [2.24, 2.45) is 17.6 Å². The van der Waals surface area contributed by atoms with Crippen LogP contribution in [-0.4, -0.2) is 70.2 Å². The fourth-order valence-corrected chi connectivity index (χ4v) is 7.45. The number of amides is 1. The van der Waals surface area contributed by atoms with E-state index in [1.165, 1.54) is 6.07 Å². The van der Waals surface area contributed by atoms with Crippen molar-refractivity contribution in [3.8, 4) is 28.4 Å². The maximum Gasteiger partial charge on any atom is 0.255 e. The van der Waals surface area contributed by atoms with E-state index in [1.54, 1.807) is 31.1 Å². The number of phenolic OH excluding ortho intramolecular Hbond substituents is 1. The average molecular weight is 625 g/mol. The number of aliphatic hydroxyl groups is 2. The first-order valence-corrected chi connectivity index (χ1v) is 14.9. The normalized spacial score (nSPS) is 24.9. The second-order valence-corrected chi connectivity index (χ2v) is 12.3. The van der Waals surface area contributed by atoms with Crippen LogP contribution >= 0.6 is 0 Å². The van der Waals surface area contributed by atoms with Crippen LogP contribution in [0.4, 0.5) is 0 Å². The van der Waals surface area contributed by atoms with E-state index in [0.717, 1.165) is 11.1 Å². The summed E-state index contributed by atoms with van der Waals surface area (Å²) >= 11 is 0. The van der Waals surface area contributed by atoms with Gasteiger partial charge < -0.3 is 35.3 Å². The molecule has 4 atom stereocenters. The Morgan fingerprint density at radius 2 is 1.76 bits per heavy atom. The van der Waals surface area contributed by atoms with Gasteiger partial charge in [-0.2, -0.15) is 0 Å². The topological polar surface area (TPSA) is 169 Å². The molecule has 1 heterocycles. The lowest BCUT2D eigenvalue weighted by Crippen LogP contribution is -2.67. The third-order valence-corrected chi connectivity index (χ3v) is 9.50. The highest BCUT2D eigenvalue weighted by Crippen LogP contribution is 2.53. The molecule has 11 heteroatoms. The molecule has 46 heavy (non-hydrogen) atoms. The van der Waals surface area contributed by atoms with Crippen LogP contribution in [-0.2, 0) is 32.1 Å². The predicted molar refractivity (Wildman–Crippen MR) is 164 cm³/mol. The summed E-state index contributed by atoms with van der Waals surface area (Å²) in [4.78, 5) is 42.8. The van der Waals surface area contributed by atoms with Gasteiger partial charge in [-0.1, -0.05) is 42.5 Å². The highest BCUT2D eigenvalue weighted by atomic mass is 16.7. The molecule has 11 nitrogen and oxygen atoms in total. The van der Waals surface area contributed by atoms with Crippen molar-refractivity contribution in [2.75, 3.05) is 20.9 Å². The molecular formula is C35H32N2O9.